The van der Waals surface area contributed by atoms with Gasteiger partial charge < -0.3 is 24.6 Å². The number of ether oxygens (including phenoxy) is 2. The lowest BCUT2D eigenvalue weighted by atomic mass is 10.1. The number of guanidine groups is 1. The molecule has 0 amide bonds. The Morgan fingerprint density at radius 1 is 1.19 bits per heavy atom. The van der Waals surface area contributed by atoms with Crippen LogP contribution in [0.2, 0.25) is 0 Å². The van der Waals surface area contributed by atoms with E-state index >= 15 is 0 Å². The van der Waals surface area contributed by atoms with Crippen LogP contribution in [-0.4, -0.2) is 74.4 Å². The Morgan fingerprint density at radius 2 is 1.97 bits per heavy atom. The Morgan fingerprint density at radius 3 is 2.68 bits per heavy atom. The number of hydrogen-bond acceptors (Lipinski definition) is 7. The van der Waals surface area contributed by atoms with Gasteiger partial charge in [0.05, 0.1) is 12.2 Å². The van der Waals surface area contributed by atoms with Crippen molar-refractivity contribution >= 4 is 46.4 Å². The molecule has 0 atom stereocenters. The first-order valence-corrected chi connectivity index (χ1v) is 11.3. The second-order valence-corrected chi connectivity index (χ2v) is 8.47. The Kier molecular flexibility index (Phi) is 8.61. The zero-order chi connectivity index (χ0) is 20.9. The van der Waals surface area contributed by atoms with Gasteiger partial charge in [-0.25, -0.2) is 9.98 Å². The average molecular weight is 558 g/mol. The standard InChI is InChI=1S/C21H30N6O2S.HI/c1-4-22-20(23-12-17-14-30-21(24-17)25(2)3)27-9-7-26(8-10-27)13-16-5-6-18-19(11-16)29-15-28-18;/h5-6,11,14H,4,7-10,12-13,15H2,1-3H3,(H,22,23);1H. The van der Waals surface area contributed by atoms with Crippen LogP contribution >= 0.6 is 35.3 Å². The summed E-state index contributed by atoms with van der Waals surface area (Å²) in [4.78, 5) is 16.3. The molecule has 10 heteroatoms. The van der Waals surface area contributed by atoms with E-state index < -0.39 is 0 Å². The second kappa shape index (κ2) is 11.2. The number of aromatic nitrogens is 1. The van der Waals surface area contributed by atoms with Crippen LogP contribution < -0.4 is 19.7 Å². The van der Waals surface area contributed by atoms with Gasteiger partial charge in [0.15, 0.2) is 22.6 Å². The Balaban J connectivity index is 0.00000272. The van der Waals surface area contributed by atoms with Crippen LogP contribution in [0.4, 0.5) is 5.13 Å². The molecule has 2 aliphatic heterocycles. The molecule has 1 saturated heterocycles. The lowest BCUT2D eigenvalue weighted by Crippen LogP contribution is -2.52. The van der Waals surface area contributed by atoms with Crippen molar-refractivity contribution in [3.63, 3.8) is 0 Å². The molecule has 1 N–H and O–H groups in total. The molecular weight excluding hydrogens is 527 g/mol. The maximum absolute atomic E-state index is 5.50. The van der Waals surface area contributed by atoms with E-state index in [9.17, 15) is 0 Å². The van der Waals surface area contributed by atoms with Gasteiger partial charge in [0.1, 0.15) is 0 Å². The van der Waals surface area contributed by atoms with Crippen LogP contribution in [0.15, 0.2) is 28.6 Å². The summed E-state index contributed by atoms with van der Waals surface area (Å²) in [7, 11) is 4.03. The number of benzene rings is 1. The molecule has 1 aromatic heterocycles. The monoisotopic (exact) mass is 558 g/mol. The SMILES string of the molecule is CCNC(=NCc1csc(N(C)C)n1)N1CCN(Cc2ccc3c(c2)OCO3)CC1.I. The number of thiazole rings is 1. The highest BCUT2D eigenvalue weighted by Gasteiger charge is 2.21. The van der Waals surface area contributed by atoms with Gasteiger partial charge in [0.2, 0.25) is 6.79 Å². The molecule has 0 spiro atoms. The zero-order valence-electron chi connectivity index (χ0n) is 18.3. The highest BCUT2D eigenvalue weighted by molar-refractivity contribution is 14.0. The van der Waals surface area contributed by atoms with E-state index in [0.717, 1.165) is 67.6 Å². The van der Waals surface area contributed by atoms with Crippen molar-refractivity contribution in [3.8, 4) is 11.5 Å². The summed E-state index contributed by atoms with van der Waals surface area (Å²) in [6.07, 6.45) is 0. The number of aliphatic imine (C=N–C) groups is 1. The fourth-order valence-corrected chi connectivity index (χ4v) is 4.32. The summed E-state index contributed by atoms with van der Waals surface area (Å²) in [5, 5.41) is 6.54. The number of rotatable bonds is 6. The highest BCUT2D eigenvalue weighted by Crippen LogP contribution is 2.32. The quantitative estimate of drug-likeness (QED) is 0.333. The maximum atomic E-state index is 5.50. The van der Waals surface area contributed by atoms with E-state index in [0.29, 0.717) is 13.3 Å². The Bertz CT molecular complexity index is 883. The number of nitrogens with one attached hydrogen (secondary N) is 1. The molecule has 31 heavy (non-hydrogen) atoms. The van der Waals surface area contributed by atoms with Crippen LogP contribution in [-0.2, 0) is 13.1 Å². The van der Waals surface area contributed by atoms with Crippen LogP contribution in [0, 0.1) is 0 Å². The van der Waals surface area contributed by atoms with Gasteiger partial charge in [-0.05, 0) is 24.6 Å². The summed E-state index contributed by atoms with van der Waals surface area (Å²) < 4.78 is 10.9. The fraction of sp³-hybridized carbons (Fsp3) is 0.524. The van der Waals surface area contributed by atoms with E-state index in [-0.39, 0.29) is 24.0 Å². The minimum Gasteiger partial charge on any atom is -0.454 e. The third-order valence-corrected chi connectivity index (χ3v) is 6.22. The van der Waals surface area contributed by atoms with Crippen molar-refractivity contribution in [1.82, 2.24) is 20.1 Å². The molecule has 8 nitrogen and oxygen atoms in total. The maximum Gasteiger partial charge on any atom is 0.231 e. The van der Waals surface area contributed by atoms with E-state index in [1.54, 1.807) is 11.3 Å². The summed E-state index contributed by atoms with van der Waals surface area (Å²) in [5.41, 5.74) is 2.27. The molecule has 3 heterocycles. The van der Waals surface area contributed by atoms with Gasteiger partial charge in [-0.3, -0.25) is 4.90 Å². The summed E-state index contributed by atoms with van der Waals surface area (Å²) in [6, 6.07) is 6.22. The molecule has 0 radical (unpaired) electrons. The van der Waals surface area contributed by atoms with Crippen LogP contribution in [0.1, 0.15) is 18.2 Å². The third-order valence-electron chi connectivity index (χ3n) is 5.16. The van der Waals surface area contributed by atoms with E-state index in [1.165, 1.54) is 5.56 Å². The summed E-state index contributed by atoms with van der Waals surface area (Å²) in [5.74, 6) is 2.67. The molecule has 0 saturated carbocycles. The van der Waals surface area contributed by atoms with Crippen LogP contribution in [0.25, 0.3) is 0 Å². The number of piperazine rings is 1. The minimum absolute atomic E-state index is 0. The topological polar surface area (TPSA) is 65.5 Å². The summed E-state index contributed by atoms with van der Waals surface area (Å²) >= 11 is 1.65. The van der Waals surface area contributed by atoms with Crippen molar-refractivity contribution in [3.05, 3.63) is 34.8 Å². The lowest BCUT2D eigenvalue weighted by Gasteiger charge is -2.36. The average Bonchev–Trinajstić information content (AvgIpc) is 3.41. The molecule has 2 aromatic rings. The van der Waals surface area contributed by atoms with Crippen molar-refractivity contribution in [2.45, 2.75) is 20.0 Å². The van der Waals surface area contributed by atoms with Gasteiger partial charge in [-0.2, -0.15) is 0 Å². The predicted octanol–water partition coefficient (Wildman–Crippen LogP) is 2.84. The number of hydrogen-bond donors (Lipinski definition) is 1. The molecule has 0 bridgehead atoms. The first kappa shape index (κ1) is 23.9. The van der Waals surface area contributed by atoms with Gasteiger partial charge >= 0.3 is 0 Å². The van der Waals surface area contributed by atoms with Crippen molar-refractivity contribution in [1.29, 1.82) is 0 Å². The molecule has 1 fully saturated rings. The first-order valence-electron chi connectivity index (χ1n) is 10.4. The van der Waals surface area contributed by atoms with E-state index in [1.807, 2.05) is 25.1 Å². The molecule has 4 rings (SSSR count). The second-order valence-electron chi connectivity index (χ2n) is 7.64. The number of nitrogens with zero attached hydrogens (tertiary/aromatic N) is 5. The number of fused-ring (bicyclic) bond motifs is 1. The Hall–Kier alpha value is -1.79. The predicted molar refractivity (Wildman–Crippen MR) is 136 cm³/mol. The zero-order valence-corrected chi connectivity index (χ0v) is 21.5. The van der Waals surface area contributed by atoms with E-state index in [4.69, 9.17) is 14.5 Å². The third kappa shape index (κ3) is 6.13. The minimum atomic E-state index is 0. The molecular formula is C21H31IN6O2S. The fourth-order valence-electron chi connectivity index (χ4n) is 3.57. The van der Waals surface area contributed by atoms with Crippen molar-refractivity contribution in [2.24, 2.45) is 4.99 Å². The first-order chi connectivity index (χ1) is 14.6. The molecule has 2 aliphatic rings. The molecule has 170 valence electrons. The molecule has 0 unspecified atom stereocenters. The molecule has 1 aromatic carbocycles. The van der Waals surface area contributed by atoms with Crippen molar-refractivity contribution < 1.29 is 9.47 Å². The van der Waals surface area contributed by atoms with Crippen molar-refractivity contribution in [2.75, 3.05) is 58.5 Å². The normalized spacial score (nSPS) is 16.2. The van der Waals surface area contributed by atoms with Gasteiger partial charge in [-0.15, -0.1) is 35.3 Å². The van der Waals surface area contributed by atoms with E-state index in [2.05, 4.69) is 44.5 Å². The highest BCUT2D eigenvalue weighted by atomic mass is 127. The van der Waals surface area contributed by atoms with Gasteiger partial charge in [-0.1, -0.05) is 6.07 Å². The number of anilines is 1. The summed E-state index contributed by atoms with van der Waals surface area (Å²) in [6.45, 7) is 8.72. The Labute approximate surface area is 205 Å². The van der Waals surface area contributed by atoms with Gasteiger partial charge in [0.25, 0.3) is 0 Å². The lowest BCUT2D eigenvalue weighted by molar-refractivity contribution is 0.171. The smallest absolute Gasteiger partial charge is 0.231 e. The largest absolute Gasteiger partial charge is 0.454 e. The number of halogens is 1. The van der Waals surface area contributed by atoms with Gasteiger partial charge in [0, 0.05) is 58.7 Å². The van der Waals surface area contributed by atoms with Crippen LogP contribution in [0.5, 0.6) is 11.5 Å². The van der Waals surface area contributed by atoms with Crippen LogP contribution in [0.3, 0.4) is 0 Å². The molecule has 0 aliphatic carbocycles.